The highest BCUT2D eigenvalue weighted by Gasteiger charge is 2.27. The summed E-state index contributed by atoms with van der Waals surface area (Å²) in [6.07, 6.45) is -0.473. The van der Waals surface area contributed by atoms with E-state index in [1.807, 2.05) is 32.6 Å². The van der Waals surface area contributed by atoms with E-state index in [1.54, 1.807) is 12.1 Å². The number of amides is 5. The zero-order valence-electron chi connectivity index (χ0n) is 22.9. The van der Waals surface area contributed by atoms with E-state index in [0.717, 1.165) is 55.2 Å². The highest BCUT2D eigenvalue weighted by molar-refractivity contribution is 7.15. The van der Waals surface area contributed by atoms with Gasteiger partial charge in [-0.1, -0.05) is 12.1 Å². The van der Waals surface area contributed by atoms with Gasteiger partial charge in [0.1, 0.15) is 0 Å². The first-order chi connectivity index (χ1) is 19.7. The summed E-state index contributed by atoms with van der Waals surface area (Å²) in [6.45, 7) is 6.76. The number of thiazole rings is 1. The predicted octanol–water partition coefficient (Wildman–Crippen LogP) is 2.45. The van der Waals surface area contributed by atoms with Crippen molar-refractivity contribution in [1.29, 1.82) is 0 Å². The number of likely N-dealkylation sites (tertiary alicyclic amines) is 1. The van der Waals surface area contributed by atoms with Crippen LogP contribution in [0.25, 0.3) is 0 Å². The molecule has 2 fully saturated rings. The second kappa shape index (κ2) is 14.0. The van der Waals surface area contributed by atoms with Crippen LogP contribution >= 0.6 is 11.3 Å². The second-order valence-electron chi connectivity index (χ2n) is 9.98. The maximum absolute atomic E-state index is 12.7. The first-order valence-corrected chi connectivity index (χ1v) is 14.3. The average molecular weight is 589 g/mol. The lowest BCUT2D eigenvalue weighted by Crippen LogP contribution is -2.52. The number of carbonyl (C=O) groups is 4. The van der Waals surface area contributed by atoms with Crippen LogP contribution in [-0.2, 0) is 24.2 Å². The van der Waals surface area contributed by atoms with Crippen molar-refractivity contribution in [3.63, 3.8) is 0 Å². The van der Waals surface area contributed by atoms with Crippen LogP contribution in [0.4, 0.5) is 25.2 Å². The highest BCUT2D eigenvalue weighted by atomic mass is 32.1. The largest absolute Gasteiger partial charge is 0.465 e. The van der Waals surface area contributed by atoms with Crippen molar-refractivity contribution in [2.45, 2.75) is 45.4 Å². The molecule has 0 radical (unpaired) electrons. The van der Waals surface area contributed by atoms with E-state index in [4.69, 9.17) is 10.2 Å². The molecule has 0 bridgehead atoms. The summed E-state index contributed by atoms with van der Waals surface area (Å²) in [5.74, 6) is -0.179. The SMILES string of the molecule is CC(=O)Nc1nc(CCc2ccc(NC(NC(=O)O)NC(=O)O)cc2)c(CN2CCN(C(=O)N3CCCC3)CC2)s1. The number of urea groups is 1. The lowest BCUT2D eigenvalue weighted by Gasteiger charge is -2.36. The Hall–Kier alpha value is -4.11. The maximum Gasteiger partial charge on any atom is 0.407 e. The molecule has 2 aliphatic rings. The fourth-order valence-electron chi connectivity index (χ4n) is 4.87. The molecule has 3 heterocycles. The van der Waals surface area contributed by atoms with Gasteiger partial charge in [0.25, 0.3) is 0 Å². The molecular weight excluding hydrogens is 552 g/mol. The zero-order chi connectivity index (χ0) is 29.4. The number of carbonyl (C=O) groups excluding carboxylic acids is 2. The number of anilines is 2. The normalized spacial score (nSPS) is 15.6. The number of rotatable bonds is 10. The zero-order valence-corrected chi connectivity index (χ0v) is 23.7. The minimum absolute atomic E-state index is 0.140. The molecule has 4 rings (SSSR count). The van der Waals surface area contributed by atoms with E-state index in [2.05, 4.69) is 20.5 Å². The van der Waals surface area contributed by atoms with Crippen LogP contribution < -0.4 is 21.3 Å². The Labute approximate surface area is 241 Å². The highest BCUT2D eigenvalue weighted by Crippen LogP contribution is 2.27. The third kappa shape index (κ3) is 8.94. The molecule has 0 aliphatic carbocycles. The number of hydrogen-bond donors (Lipinski definition) is 6. The van der Waals surface area contributed by atoms with Crippen LogP contribution in [0.15, 0.2) is 24.3 Å². The monoisotopic (exact) mass is 588 g/mol. The van der Waals surface area contributed by atoms with E-state index in [1.165, 1.54) is 18.3 Å². The van der Waals surface area contributed by atoms with E-state index in [-0.39, 0.29) is 11.9 Å². The van der Waals surface area contributed by atoms with Gasteiger partial charge in [-0.3, -0.25) is 20.3 Å². The van der Waals surface area contributed by atoms with Crippen molar-refractivity contribution in [3.05, 3.63) is 40.4 Å². The Kier molecular flexibility index (Phi) is 10.2. The lowest BCUT2D eigenvalue weighted by molar-refractivity contribution is -0.114. The van der Waals surface area contributed by atoms with E-state index in [9.17, 15) is 19.2 Å². The molecule has 5 amide bonds. The Balaban J connectivity index is 1.34. The van der Waals surface area contributed by atoms with Gasteiger partial charge in [0, 0.05) is 63.3 Å². The molecule has 2 aromatic rings. The van der Waals surface area contributed by atoms with E-state index < -0.39 is 18.5 Å². The quantitative estimate of drug-likeness (QED) is 0.227. The number of benzene rings is 1. The molecule has 1 aromatic carbocycles. The van der Waals surface area contributed by atoms with Crippen LogP contribution in [0, 0.1) is 0 Å². The van der Waals surface area contributed by atoms with Gasteiger partial charge in [-0.2, -0.15) is 0 Å². The molecule has 2 aliphatic heterocycles. The summed E-state index contributed by atoms with van der Waals surface area (Å²) < 4.78 is 0. The predicted molar refractivity (Wildman–Crippen MR) is 153 cm³/mol. The van der Waals surface area contributed by atoms with Crippen molar-refractivity contribution in [2.24, 2.45) is 0 Å². The van der Waals surface area contributed by atoms with Crippen molar-refractivity contribution < 1.29 is 29.4 Å². The molecule has 0 spiro atoms. The summed E-state index contributed by atoms with van der Waals surface area (Å²) in [5.41, 5.74) is 2.46. The summed E-state index contributed by atoms with van der Waals surface area (Å²) >= 11 is 1.47. The minimum atomic E-state index is -1.37. The number of piperazine rings is 1. The third-order valence-corrected chi connectivity index (χ3v) is 7.90. The topological polar surface area (TPSA) is 179 Å². The van der Waals surface area contributed by atoms with Gasteiger partial charge in [-0.25, -0.2) is 19.4 Å². The van der Waals surface area contributed by atoms with E-state index in [0.29, 0.717) is 43.3 Å². The number of aromatic nitrogens is 1. The fourth-order valence-corrected chi connectivity index (χ4v) is 5.96. The molecule has 1 aromatic heterocycles. The fraction of sp³-hybridized carbons (Fsp3) is 0.500. The van der Waals surface area contributed by atoms with Crippen molar-refractivity contribution in [1.82, 2.24) is 30.3 Å². The second-order valence-corrected chi connectivity index (χ2v) is 11.1. The molecule has 6 N–H and O–H groups in total. The molecule has 222 valence electrons. The summed E-state index contributed by atoms with van der Waals surface area (Å²) in [4.78, 5) is 58.2. The van der Waals surface area contributed by atoms with Gasteiger partial charge < -0.3 is 30.6 Å². The molecule has 14 nitrogen and oxygen atoms in total. The summed E-state index contributed by atoms with van der Waals surface area (Å²) in [7, 11) is 0. The van der Waals surface area contributed by atoms with E-state index >= 15 is 0 Å². The van der Waals surface area contributed by atoms with Gasteiger partial charge in [-0.05, 0) is 43.4 Å². The van der Waals surface area contributed by atoms with Crippen molar-refractivity contribution >= 4 is 46.3 Å². The Morgan fingerprint density at radius 3 is 2.10 bits per heavy atom. The first kappa shape index (κ1) is 29.9. The molecular formula is C26H36N8O6S. The van der Waals surface area contributed by atoms with Crippen LogP contribution in [-0.4, -0.2) is 99.6 Å². The van der Waals surface area contributed by atoms with Gasteiger partial charge >= 0.3 is 18.2 Å². The smallest absolute Gasteiger partial charge is 0.407 e. The van der Waals surface area contributed by atoms with Gasteiger partial charge in [0.2, 0.25) is 5.91 Å². The molecule has 0 saturated carbocycles. The van der Waals surface area contributed by atoms with Gasteiger partial charge in [-0.15, -0.1) is 11.3 Å². The molecule has 41 heavy (non-hydrogen) atoms. The summed E-state index contributed by atoms with van der Waals surface area (Å²) in [5, 5.41) is 28.1. The van der Waals surface area contributed by atoms with Crippen LogP contribution in [0.1, 0.15) is 35.9 Å². The van der Waals surface area contributed by atoms with Crippen LogP contribution in [0.2, 0.25) is 0 Å². The molecule has 0 unspecified atom stereocenters. The van der Waals surface area contributed by atoms with Gasteiger partial charge in [0.15, 0.2) is 11.4 Å². The number of nitrogens with zero attached hydrogens (tertiary/aromatic N) is 4. The Morgan fingerprint density at radius 2 is 1.51 bits per heavy atom. The minimum Gasteiger partial charge on any atom is -0.465 e. The average Bonchev–Trinajstić information content (AvgIpc) is 3.58. The number of aryl methyl sites for hydroxylation is 2. The van der Waals surface area contributed by atoms with Gasteiger partial charge in [0.05, 0.1) is 5.69 Å². The number of carboxylic acid groups (broad SMARTS) is 2. The Bertz CT molecular complexity index is 1210. The maximum atomic E-state index is 12.7. The van der Waals surface area contributed by atoms with Crippen LogP contribution in [0.3, 0.4) is 0 Å². The first-order valence-electron chi connectivity index (χ1n) is 13.5. The van der Waals surface area contributed by atoms with Crippen molar-refractivity contribution in [3.8, 4) is 0 Å². The molecule has 0 atom stereocenters. The summed E-state index contributed by atoms with van der Waals surface area (Å²) in [6, 6.07) is 7.37. The van der Waals surface area contributed by atoms with Crippen molar-refractivity contribution in [2.75, 3.05) is 49.9 Å². The van der Waals surface area contributed by atoms with Crippen LogP contribution in [0.5, 0.6) is 0 Å². The molecule has 2 saturated heterocycles. The Morgan fingerprint density at radius 1 is 0.902 bits per heavy atom. The lowest BCUT2D eigenvalue weighted by atomic mass is 10.1. The standard InChI is InChI=1S/C26H36N8O6S/c1-17(35)27-23-29-20(9-6-18-4-7-19(8-5-18)28-22(30-24(36)37)31-25(38)39)21(41-23)16-32-12-14-34(15-13-32)26(40)33-10-2-3-11-33/h4-5,7-8,22,28,30-31H,2-3,6,9-16H2,1H3,(H,36,37)(H,38,39)(H,27,29,35). The molecule has 15 heteroatoms. The third-order valence-electron chi connectivity index (χ3n) is 6.90. The number of hydrogen-bond acceptors (Lipinski definition) is 8. The number of nitrogens with one attached hydrogen (secondary N) is 4.